The third-order valence-electron chi connectivity index (χ3n) is 2.77. The van der Waals surface area contributed by atoms with Crippen molar-refractivity contribution in [1.29, 1.82) is 0 Å². The minimum absolute atomic E-state index is 0.238. The molecular formula is C16H17F3N2O2. The number of alkyl halides is 3. The summed E-state index contributed by atoms with van der Waals surface area (Å²) in [7, 11) is 1.46. The summed E-state index contributed by atoms with van der Waals surface area (Å²) in [4.78, 5) is 13.2. The third kappa shape index (κ3) is 5.61. The lowest BCUT2D eigenvalue weighted by molar-refractivity contribution is -0.141. The van der Waals surface area contributed by atoms with Gasteiger partial charge >= 0.3 is 6.18 Å². The Kier molecular flexibility index (Phi) is 6.56. The van der Waals surface area contributed by atoms with E-state index >= 15 is 0 Å². The maximum absolute atomic E-state index is 12.6. The van der Waals surface area contributed by atoms with Crippen LogP contribution in [0.4, 0.5) is 13.2 Å². The van der Waals surface area contributed by atoms with Crippen molar-refractivity contribution < 1.29 is 22.7 Å². The average molecular weight is 326 g/mol. The second kappa shape index (κ2) is 8.17. The lowest BCUT2D eigenvalue weighted by Gasteiger charge is -2.10. The summed E-state index contributed by atoms with van der Waals surface area (Å²) in [6.45, 7) is 1.72. The molecule has 0 aliphatic heterocycles. The molecule has 0 fully saturated rings. The lowest BCUT2D eigenvalue weighted by atomic mass is 10.1. The van der Waals surface area contributed by atoms with Gasteiger partial charge in [0, 0.05) is 12.0 Å². The molecule has 2 aromatic rings. The molecule has 0 radical (unpaired) electrons. The van der Waals surface area contributed by atoms with Crippen LogP contribution in [-0.4, -0.2) is 18.0 Å². The molecule has 124 valence electrons. The van der Waals surface area contributed by atoms with Crippen LogP contribution >= 0.6 is 0 Å². The number of hydrogen-bond donors (Lipinski definition) is 1. The van der Waals surface area contributed by atoms with Crippen LogP contribution in [0.3, 0.4) is 0 Å². The van der Waals surface area contributed by atoms with Crippen LogP contribution < -0.4 is 10.5 Å². The number of halogens is 3. The second-order valence-electron chi connectivity index (χ2n) is 4.43. The van der Waals surface area contributed by atoms with Crippen LogP contribution in [0, 0.1) is 0 Å². The molecule has 2 rings (SSSR count). The van der Waals surface area contributed by atoms with E-state index in [1.54, 1.807) is 31.2 Å². The van der Waals surface area contributed by atoms with Crippen molar-refractivity contribution in [1.82, 2.24) is 4.98 Å². The van der Waals surface area contributed by atoms with Crippen molar-refractivity contribution >= 4 is 5.91 Å². The van der Waals surface area contributed by atoms with Gasteiger partial charge in [0.15, 0.2) is 0 Å². The van der Waals surface area contributed by atoms with Crippen molar-refractivity contribution in [3.8, 4) is 17.0 Å². The van der Waals surface area contributed by atoms with Crippen molar-refractivity contribution in [2.24, 2.45) is 5.73 Å². The Labute approximate surface area is 132 Å². The molecule has 0 saturated heterocycles. The van der Waals surface area contributed by atoms with E-state index in [1.165, 1.54) is 19.2 Å². The lowest BCUT2D eigenvalue weighted by Crippen LogP contribution is -2.08. The molecule has 2 N–H and O–H groups in total. The Hall–Kier alpha value is -2.57. The van der Waals surface area contributed by atoms with E-state index in [0.717, 1.165) is 6.07 Å². The number of primary amides is 1. The Morgan fingerprint density at radius 3 is 2.30 bits per heavy atom. The van der Waals surface area contributed by atoms with Gasteiger partial charge in [-0.15, -0.1) is 0 Å². The molecule has 0 saturated carbocycles. The summed E-state index contributed by atoms with van der Waals surface area (Å²) in [5.41, 5.74) is 4.51. The van der Waals surface area contributed by atoms with Crippen LogP contribution in [0.2, 0.25) is 0 Å². The molecule has 7 heteroatoms. The number of ether oxygens (including phenoxy) is 1. The van der Waals surface area contributed by atoms with Gasteiger partial charge in [-0.3, -0.25) is 4.79 Å². The number of aromatic nitrogens is 1. The average Bonchev–Trinajstić information content (AvgIpc) is 2.54. The molecule has 0 unspecified atom stereocenters. The van der Waals surface area contributed by atoms with Crippen molar-refractivity contribution in [2.75, 3.05) is 7.11 Å². The Bertz CT molecular complexity index is 658. The largest absolute Gasteiger partial charge is 0.496 e. The van der Waals surface area contributed by atoms with Crippen LogP contribution in [0.25, 0.3) is 11.3 Å². The van der Waals surface area contributed by atoms with E-state index in [1.807, 2.05) is 0 Å². The van der Waals surface area contributed by atoms with E-state index in [0.29, 0.717) is 17.7 Å². The number of nitrogens with zero attached hydrogens (tertiary/aromatic N) is 1. The minimum atomic E-state index is -4.45. The second-order valence-corrected chi connectivity index (χ2v) is 4.43. The molecule has 23 heavy (non-hydrogen) atoms. The molecular weight excluding hydrogens is 309 g/mol. The predicted octanol–water partition coefficient (Wildman–Crippen LogP) is 3.66. The van der Waals surface area contributed by atoms with Crippen LogP contribution in [0.15, 0.2) is 42.5 Å². The Balaban J connectivity index is 0.000000463. The molecule has 1 heterocycles. The van der Waals surface area contributed by atoms with Crippen LogP contribution in [-0.2, 0) is 11.0 Å². The monoisotopic (exact) mass is 326 g/mol. The number of rotatable bonds is 3. The summed E-state index contributed by atoms with van der Waals surface area (Å²) in [5, 5.41) is 0. The third-order valence-corrected chi connectivity index (χ3v) is 2.77. The topological polar surface area (TPSA) is 65.2 Å². The van der Waals surface area contributed by atoms with Crippen molar-refractivity contribution in [3.63, 3.8) is 0 Å². The smallest absolute Gasteiger partial charge is 0.433 e. The molecule has 1 aromatic heterocycles. The van der Waals surface area contributed by atoms with Gasteiger partial charge in [0.2, 0.25) is 5.91 Å². The van der Waals surface area contributed by atoms with Gasteiger partial charge in [0.1, 0.15) is 11.4 Å². The highest BCUT2D eigenvalue weighted by Crippen LogP contribution is 2.32. The number of hydrogen-bond acceptors (Lipinski definition) is 3. The number of para-hydroxylation sites is 1. The number of pyridine rings is 1. The van der Waals surface area contributed by atoms with Crippen LogP contribution in [0.5, 0.6) is 5.75 Å². The summed E-state index contributed by atoms with van der Waals surface area (Å²) < 4.78 is 42.8. The molecule has 1 aromatic carbocycles. The maximum Gasteiger partial charge on any atom is 0.433 e. The molecule has 0 bridgehead atoms. The number of nitrogens with two attached hydrogens (primary N) is 1. The van der Waals surface area contributed by atoms with Crippen molar-refractivity contribution in [3.05, 3.63) is 48.2 Å². The molecule has 0 atom stereocenters. The molecule has 0 spiro atoms. The normalized spacial score (nSPS) is 10.5. The maximum atomic E-state index is 12.6. The molecule has 0 aliphatic rings. The van der Waals surface area contributed by atoms with Gasteiger partial charge in [-0.2, -0.15) is 13.2 Å². The highest BCUT2D eigenvalue weighted by molar-refractivity contribution is 5.73. The number of carbonyl (C=O) groups excluding carboxylic acids is 1. The van der Waals surface area contributed by atoms with E-state index in [2.05, 4.69) is 10.7 Å². The summed E-state index contributed by atoms with van der Waals surface area (Å²) in [6.07, 6.45) is -4.00. The highest BCUT2D eigenvalue weighted by atomic mass is 19.4. The van der Waals surface area contributed by atoms with Crippen LogP contribution in [0.1, 0.15) is 19.0 Å². The quantitative estimate of drug-likeness (QED) is 0.936. The zero-order valence-corrected chi connectivity index (χ0v) is 12.7. The van der Waals surface area contributed by atoms with E-state index in [-0.39, 0.29) is 11.6 Å². The first-order chi connectivity index (χ1) is 10.8. The zero-order chi connectivity index (χ0) is 17.5. The minimum Gasteiger partial charge on any atom is -0.496 e. The van der Waals surface area contributed by atoms with Gasteiger partial charge in [-0.1, -0.05) is 25.1 Å². The number of benzene rings is 1. The van der Waals surface area contributed by atoms with Gasteiger partial charge in [-0.25, -0.2) is 4.98 Å². The van der Waals surface area contributed by atoms with E-state index in [9.17, 15) is 18.0 Å². The summed E-state index contributed by atoms with van der Waals surface area (Å²) in [5.74, 6) is 0.245. The zero-order valence-electron chi connectivity index (χ0n) is 12.7. The number of carbonyl (C=O) groups is 1. The number of methoxy groups -OCH3 is 1. The molecule has 1 amide bonds. The fourth-order valence-corrected chi connectivity index (χ4v) is 1.60. The first-order valence-corrected chi connectivity index (χ1v) is 6.75. The van der Waals surface area contributed by atoms with Gasteiger partial charge in [0.05, 0.1) is 12.8 Å². The van der Waals surface area contributed by atoms with Gasteiger partial charge in [-0.05, 0) is 24.3 Å². The standard InChI is InChI=1S/C13H10F3NO.C3H7NO/c1-18-11-7-3-2-5-9(11)10-6-4-8-12(17-10)13(14,15)16;1-2-3(4)5/h2-8H,1H3;2H2,1H3,(H2,4,5). The fraction of sp³-hybridized carbons (Fsp3) is 0.250. The first-order valence-electron chi connectivity index (χ1n) is 6.75. The molecule has 0 aliphatic carbocycles. The SMILES string of the molecule is CCC(N)=O.COc1ccccc1-c1cccc(C(F)(F)F)n1. The molecule has 4 nitrogen and oxygen atoms in total. The first kappa shape index (κ1) is 18.5. The van der Waals surface area contributed by atoms with Gasteiger partial charge in [0.25, 0.3) is 0 Å². The van der Waals surface area contributed by atoms with Gasteiger partial charge < -0.3 is 10.5 Å². The Morgan fingerprint density at radius 1 is 1.17 bits per heavy atom. The number of amides is 1. The van der Waals surface area contributed by atoms with E-state index < -0.39 is 11.9 Å². The fourth-order valence-electron chi connectivity index (χ4n) is 1.60. The van der Waals surface area contributed by atoms with E-state index in [4.69, 9.17) is 4.74 Å². The van der Waals surface area contributed by atoms with Crippen molar-refractivity contribution in [2.45, 2.75) is 19.5 Å². The Morgan fingerprint density at radius 2 is 1.78 bits per heavy atom. The summed E-state index contributed by atoms with van der Waals surface area (Å²) in [6, 6.07) is 10.6. The highest BCUT2D eigenvalue weighted by Gasteiger charge is 2.32. The predicted molar refractivity (Wildman–Crippen MR) is 80.7 cm³/mol. The summed E-state index contributed by atoms with van der Waals surface area (Å²) >= 11 is 0.